The van der Waals surface area contributed by atoms with Crippen LogP contribution in [0.1, 0.15) is 20.3 Å². The molecule has 9 heavy (non-hydrogen) atoms. The predicted molar refractivity (Wildman–Crippen MR) is 33.8 cm³/mol. The van der Waals surface area contributed by atoms with E-state index in [-0.39, 0.29) is 11.3 Å². The van der Waals surface area contributed by atoms with Gasteiger partial charge in [0, 0.05) is 12.0 Å². The van der Waals surface area contributed by atoms with E-state index in [9.17, 15) is 4.79 Å². The highest BCUT2D eigenvalue weighted by atomic mass is 16.2. The van der Waals surface area contributed by atoms with Crippen LogP contribution in [0.3, 0.4) is 0 Å². The summed E-state index contributed by atoms with van der Waals surface area (Å²) in [4.78, 5) is 11.0. The molecule has 2 rings (SSSR count). The summed E-state index contributed by atoms with van der Waals surface area (Å²) in [6, 6.07) is 0. The highest BCUT2D eigenvalue weighted by molar-refractivity contribution is 5.89. The molecule has 0 radical (unpaired) electrons. The molecule has 2 nitrogen and oxygen atoms in total. The topological polar surface area (TPSA) is 29.1 Å². The minimum Gasteiger partial charge on any atom is -0.355 e. The normalized spacial score (nSPS) is 54.7. The van der Waals surface area contributed by atoms with Gasteiger partial charge in [0.25, 0.3) is 0 Å². The molecule has 1 aliphatic heterocycles. The number of carbonyl (C=O) groups excluding carboxylic acids is 1. The number of amides is 1. The first-order valence-corrected chi connectivity index (χ1v) is 3.37. The molecule has 50 valence electrons. The molecular weight excluding hydrogens is 114 g/mol. The van der Waals surface area contributed by atoms with Crippen LogP contribution in [-0.4, -0.2) is 12.5 Å². The first-order chi connectivity index (χ1) is 4.08. The van der Waals surface area contributed by atoms with Gasteiger partial charge in [-0.3, -0.25) is 4.79 Å². The van der Waals surface area contributed by atoms with Crippen molar-refractivity contribution in [2.75, 3.05) is 6.54 Å². The van der Waals surface area contributed by atoms with Gasteiger partial charge in [-0.25, -0.2) is 0 Å². The zero-order valence-corrected chi connectivity index (χ0v) is 5.82. The molecule has 0 aromatic carbocycles. The molecule has 1 N–H and O–H groups in total. The summed E-state index contributed by atoms with van der Waals surface area (Å²) in [5.41, 5.74) is 0.317. The maximum atomic E-state index is 11.0. The zero-order chi connectivity index (χ0) is 6.70. The van der Waals surface area contributed by atoms with Gasteiger partial charge in [0.05, 0.1) is 5.41 Å². The number of fused-ring (bicyclic) bond motifs is 1. The second-order valence-corrected chi connectivity index (χ2v) is 3.75. The average Bonchev–Trinajstić information content (AvgIpc) is 2.26. The molecule has 2 aliphatic rings. The highest BCUT2D eigenvalue weighted by Crippen LogP contribution is 2.65. The summed E-state index contributed by atoms with van der Waals surface area (Å²) >= 11 is 0. The first-order valence-electron chi connectivity index (χ1n) is 3.37. The summed E-state index contributed by atoms with van der Waals surface area (Å²) in [6.07, 6.45) is 1.09. The standard InChI is InChI=1S/C7H11NO/c1-6-3-7(6,2)5(9)8-4-6/h3-4H2,1-2H3,(H,8,9)/t6-,7+/m1/s1. The fourth-order valence-corrected chi connectivity index (χ4v) is 1.82. The van der Waals surface area contributed by atoms with Crippen LogP contribution in [0, 0.1) is 10.8 Å². The van der Waals surface area contributed by atoms with Gasteiger partial charge in [-0.2, -0.15) is 0 Å². The monoisotopic (exact) mass is 125 g/mol. The molecule has 0 aromatic heterocycles. The summed E-state index contributed by atoms with van der Waals surface area (Å²) in [5, 5.41) is 2.86. The lowest BCUT2D eigenvalue weighted by Crippen LogP contribution is -2.23. The van der Waals surface area contributed by atoms with Gasteiger partial charge in [0.1, 0.15) is 0 Å². The van der Waals surface area contributed by atoms with Crippen LogP contribution >= 0.6 is 0 Å². The van der Waals surface area contributed by atoms with Crippen molar-refractivity contribution >= 4 is 5.91 Å². The Labute approximate surface area is 54.6 Å². The van der Waals surface area contributed by atoms with Gasteiger partial charge in [-0.05, 0) is 6.42 Å². The predicted octanol–water partition coefficient (Wildman–Crippen LogP) is 0.532. The molecule has 0 aromatic rings. The third-order valence-electron chi connectivity index (χ3n) is 3.09. The fraction of sp³-hybridized carbons (Fsp3) is 0.857. The molecule has 2 fully saturated rings. The molecule has 0 spiro atoms. The third-order valence-corrected chi connectivity index (χ3v) is 3.09. The van der Waals surface area contributed by atoms with Gasteiger partial charge >= 0.3 is 0 Å². The van der Waals surface area contributed by atoms with Crippen LogP contribution in [-0.2, 0) is 4.79 Å². The van der Waals surface area contributed by atoms with Gasteiger partial charge in [-0.15, -0.1) is 0 Å². The Bertz CT molecular complexity index is 185. The Morgan fingerprint density at radius 3 is 2.33 bits per heavy atom. The Morgan fingerprint density at radius 2 is 2.22 bits per heavy atom. The fourth-order valence-electron chi connectivity index (χ4n) is 1.82. The maximum absolute atomic E-state index is 11.0. The van der Waals surface area contributed by atoms with E-state index < -0.39 is 0 Å². The van der Waals surface area contributed by atoms with Crippen molar-refractivity contribution in [1.29, 1.82) is 0 Å². The van der Waals surface area contributed by atoms with Crippen molar-refractivity contribution in [2.24, 2.45) is 10.8 Å². The molecular formula is C7H11NO. The van der Waals surface area contributed by atoms with E-state index in [1.54, 1.807) is 0 Å². The Kier molecular flexibility index (Phi) is 0.600. The molecule has 0 bridgehead atoms. The van der Waals surface area contributed by atoms with Gasteiger partial charge in [-0.1, -0.05) is 13.8 Å². The number of nitrogens with one attached hydrogen (secondary N) is 1. The summed E-state index contributed by atoms with van der Waals surface area (Å²) in [6.45, 7) is 5.11. The Balaban J connectivity index is 2.37. The minimum atomic E-state index is 0.00694. The van der Waals surface area contributed by atoms with Crippen molar-refractivity contribution in [3.05, 3.63) is 0 Å². The van der Waals surface area contributed by atoms with E-state index in [1.807, 2.05) is 0 Å². The largest absolute Gasteiger partial charge is 0.355 e. The molecule has 1 saturated heterocycles. The Morgan fingerprint density at radius 1 is 1.56 bits per heavy atom. The molecule has 1 heterocycles. The van der Waals surface area contributed by atoms with Crippen molar-refractivity contribution in [2.45, 2.75) is 20.3 Å². The number of piperidine rings is 1. The van der Waals surface area contributed by atoms with E-state index in [4.69, 9.17) is 0 Å². The number of rotatable bonds is 0. The third kappa shape index (κ3) is 0.373. The molecule has 1 saturated carbocycles. The van der Waals surface area contributed by atoms with Crippen molar-refractivity contribution < 1.29 is 4.79 Å². The van der Waals surface area contributed by atoms with Gasteiger partial charge < -0.3 is 5.32 Å². The van der Waals surface area contributed by atoms with Crippen LogP contribution in [0.25, 0.3) is 0 Å². The summed E-state index contributed by atoms with van der Waals surface area (Å²) in [5.74, 6) is 0.255. The summed E-state index contributed by atoms with van der Waals surface area (Å²) in [7, 11) is 0. The number of hydrogen-bond acceptors (Lipinski definition) is 1. The lowest BCUT2D eigenvalue weighted by molar-refractivity contribution is -0.124. The Hall–Kier alpha value is -0.530. The van der Waals surface area contributed by atoms with Crippen molar-refractivity contribution in [3.8, 4) is 0 Å². The van der Waals surface area contributed by atoms with E-state index in [0.717, 1.165) is 13.0 Å². The second-order valence-electron chi connectivity index (χ2n) is 3.75. The molecule has 2 atom stereocenters. The number of hydrogen-bond donors (Lipinski definition) is 1. The first kappa shape index (κ1) is 5.27. The van der Waals surface area contributed by atoms with E-state index in [0.29, 0.717) is 5.41 Å². The number of carbonyl (C=O) groups is 1. The van der Waals surface area contributed by atoms with E-state index in [2.05, 4.69) is 19.2 Å². The van der Waals surface area contributed by atoms with Crippen LogP contribution in [0.2, 0.25) is 0 Å². The van der Waals surface area contributed by atoms with Crippen LogP contribution < -0.4 is 5.32 Å². The lowest BCUT2D eigenvalue weighted by Gasteiger charge is -1.99. The maximum Gasteiger partial charge on any atom is 0.226 e. The second kappa shape index (κ2) is 1.02. The highest BCUT2D eigenvalue weighted by Gasteiger charge is 2.69. The van der Waals surface area contributed by atoms with Crippen molar-refractivity contribution in [1.82, 2.24) is 5.32 Å². The smallest absolute Gasteiger partial charge is 0.226 e. The van der Waals surface area contributed by atoms with Crippen LogP contribution in [0.4, 0.5) is 0 Å². The van der Waals surface area contributed by atoms with Gasteiger partial charge in [0.15, 0.2) is 0 Å². The molecule has 0 unspecified atom stereocenters. The van der Waals surface area contributed by atoms with Gasteiger partial charge in [0.2, 0.25) is 5.91 Å². The van der Waals surface area contributed by atoms with Crippen LogP contribution in [0.5, 0.6) is 0 Å². The quantitative estimate of drug-likeness (QED) is 0.502. The van der Waals surface area contributed by atoms with Crippen molar-refractivity contribution in [3.63, 3.8) is 0 Å². The van der Waals surface area contributed by atoms with E-state index in [1.165, 1.54) is 0 Å². The van der Waals surface area contributed by atoms with Crippen LogP contribution in [0.15, 0.2) is 0 Å². The average molecular weight is 125 g/mol. The molecule has 1 aliphatic carbocycles. The summed E-state index contributed by atoms with van der Waals surface area (Å²) < 4.78 is 0. The SMILES string of the molecule is C[C@@]12CNC(=O)[C@]1(C)C2. The minimum absolute atomic E-state index is 0.00694. The zero-order valence-electron chi connectivity index (χ0n) is 5.82. The molecule has 1 amide bonds. The van der Waals surface area contributed by atoms with E-state index >= 15 is 0 Å². The lowest BCUT2D eigenvalue weighted by atomic mass is 10.0. The molecule has 2 heteroatoms.